The van der Waals surface area contributed by atoms with Crippen molar-refractivity contribution in [3.8, 4) is 0 Å². The number of nitrogens with zero attached hydrogens (tertiary/aromatic N) is 1. The standard InChI is InChI=1S/C19H17NO3/c21-13-15-9-6-12-20(15)19(23)17-11-5-4-10-16(17)18(22)14-7-2-1-3-8-14/h1-5,7-8,10-11,13,15H,6,9,12H2. The van der Waals surface area contributed by atoms with Gasteiger partial charge in [-0.25, -0.2) is 0 Å². The molecule has 1 heterocycles. The van der Waals surface area contributed by atoms with Crippen LogP contribution in [0, 0.1) is 0 Å². The van der Waals surface area contributed by atoms with E-state index in [1.54, 1.807) is 53.4 Å². The molecule has 1 fully saturated rings. The molecule has 2 aromatic rings. The minimum atomic E-state index is -0.387. The van der Waals surface area contributed by atoms with Crippen molar-refractivity contribution in [1.82, 2.24) is 4.90 Å². The molecule has 116 valence electrons. The van der Waals surface area contributed by atoms with E-state index < -0.39 is 0 Å². The fourth-order valence-electron chi connectivity index (χ4n) is 2.95. The second-order valence-electron chi connectivity index (χ2n) is 5.58. The van der Waals surface area contributed by atoms with E-state index in [0.29, 0.717) is 29.7 Å². The fourth-order valence-corrected chi connectivity index (χ4v) is 2.95. The van der Waals surface area contributed by atoms with Gasteiger partial charge in [0.2, 0.25) is 0 Å². The number of carbonyl (C=O) groups is 3. The number of hydrogen-bond donors (Lipinski definition) is 0. The Morgan fingerprint density at radius 1 is 0.957 bits per heavy atom. The third kappa shape index (κ3) is 2.93. The van der Waals surface area contributed by atoms with Crippen molar-refractivity contribution < 1.29 is 14.4 Å². The van der Waals surface area contributed by atoms with Crippen LogP contribution < -0.4 is 0 Å². The molecule has 0 N–H and O–H groups in total. The lowest BCUT2D eigenvalue weighted by atomic mass is 9.97. The zero-order valence-corrected chi connectivity index (χ0v) is 12.6. The molecule has 4 heteroatoms. The van der Waals surface area contributed by atoms with Crippen molar-refractivity contribution in [1.29, 1.82) is 0 Å². The molecule has 23 heavy (non-hydrogen) atoms. The molecule has 1 atom stereocenters. The predicted molar refractivity (Wildman–Crippen MR) is 86.4 cm³/mol. The van der Waals surface area contributed by atoms with Crippen LogP contribution in [0.2, 0.25) is 0 Å². The van der Waals surface area contributed by atoms with Crippen LogP contribution in [-0.2, 0) is 4.79 Å². The Kier molecular flexibility index (Phi) is 4.33. The molecular formula is C19H17NO3. The molecule has 1 aliphatic heterocycles. The molecule has 0 radical (unpaired) electrons. The Morgan fingerprint density at radius 2 is 1.61 bits per heavy atom. The number of carbonyl (C=O) groups excluding carboxylic acids is 3. The van der Waals surface area contributed by atoms with Gasteiger partial charge < -0.3 is 9.69 Å². The summed E-state index contributed by atoms with van der Waals surface area (Å²) in [7, 11) is 0. The molecule has 1 unspecified atom stereocenters. The van der Waals surface area contributed by atoms with Crippen molar-refractivity contribution in [2.75, 3.05) is 6.54 Å². The quantitative estimate of drug-likeness (QED) is 0.644. The molecule has 1 amide bonds. The van der Waals surface area contributed by atoms with Crippen LogP contribution in [0.15, 0.2) is 54.6 Å². The molecule has 4 nitrogen and oxygen atoms in total. The van der Waals surface area contributed by atoms with Gasteiger partial charge in [-0.15, -0.1) is 0 Å². The maximum Gasteiger partial charge on any atom is 0.255 e. The lowest BCUT2D eigenvalue weighted by Crippen LogP contribution is -2.37. The van der Waals surface area contributed by atoms with Crippen molar-refractivity contribution in [3.63, 3.8) is 0 Å². The highest BCUT2D eigenvalue weighted by Gasteiger charge is 2.31. The van der Waals surface area contributed by atoms with Crippen LogP contribution in [0.3, 0.4) is 0 Å². The first kappa shape index (κ1) is 15.2. The number of likely N-dealkylation sites (tertiary alicyclic amines) is 1. The van der Waals surface area contributed by atoms with Crippen LogP contribution in [0.4, 0.5) is 0 Å². The summed E-state index contributed by atoms with van der Waals surface area (Å²) in [5.74, 6) is -0.434. The van der Waals surface area contributed by atoms with Gasteiger partial charge in [0.15, 0.2) is 5.78 Å². The van der Waals surface area contributed by atoms with Crippen molar-refractivity contribution in [2.45, 2.75) is 18.9 Å². The Morgan fingerprint density at radius 3 is 2.30 bits per heavy atom. The van der Waals surface area contributed by atoms with Gasteiger partial charge in [-0.1, -0.05) is 48.5 Å². The third-order valence-electron chi connectivity index (χ3n) is 4.16. The smallest absolute Gasteiger partial charge is 0.255 e. The normalized spacial score (nSPS) is 17.0. The molecule has 1 saturated heterocycles. The summed E-state index contributed by atoms with van der Waals surface area (Å²) in [5, 5.41) is 0. The van der Waals surface area contributed by atoms with Gasteiger partial charge in [-0.3, -0.25) is 9.59 Å². The van der Waals surface area contributed by atoms with Gasteiger partial charge in [-0.2, -0.15) is 0 Å². The number of amides is 1. The van der Waals surface area contributed by atoms with Crippen LogP contribution in [0.5, 0.6) is 0 Å². The molecule has 2 aromatic carbocycles. The zero-order valence-electron chi connectivity index (χ0n) is 12.6. The summed E-state index contributed by atoms with van der Waals surface area (Å²) in [6, 6.07) is 15.3. The number of aldehydes is 1. The summed E-state index contributed by atoms with van der Waals surface area (Å²) in [6.45, 7) is 0.552. The highest BCUT2D eigenvalue weighted by Crippen LogP contribution is 2.22. The lowest BCUT2D eigenvalue weighted by molar-refractivity contribution is -0.111. The fraction of sp³-hybridized carbons (Fsp3) is 0.211. The van der Waals surface area contributed by atoms with E-state index in [2.05, 4.69) is 0 Å². The van der Waals surface area contributed by atoms with E-state index in [9.17, 15) is 14.4 Å². The number of hydrogen-bond acceptors (Lipinski definition) is 3. The maximum atomic E-state index is 12.8. The van der Waals surface area contributed by atoms with Crippen molar-refractivity contribution in [2.24, 2.45) is 0 Å². The van der Waals surface area contributed by atoms with Gasteiger partial charge in [0.25, 0.3) is 5.91 Å². The van der Waals surface area contributed by atoms with Gasteiger partial charge in [0.1, 0.15) is 6.29 Å². The number of rotatable bonds is 4. The Labute approximate surface area is 134 Å². The van der Waals surface area contributed by atoms with E-state index in [-0.39, 0.29) is 17.7 Å². The summed E-state index contributed by atoms with van der Waals surface area (Å²) < 4.78 is 0. The third-order valence-corrected chi connectivity index (χ3v) is 4.16. The van der Waals surface area contributed by atoms with E-state index in [1.165, 1.54) is 0 Å². The monoisotopic (exact) mass is 307 g/mol. The Bertz CT molecular complexity index is 739. The molecule has 0 saturated carbocycles. The van der Waals surface area contributed by atoms with E-state index in [0.717, 1.165) is 12.7 Å². The Hall–Kier alpha value is -2.75. The first-order chi connectivity index (χ1) is 11.2. The van der Waals surface area contributed by atoms with E-state index in [1.807, 2.05) is 6.07 Å². The van der Waals surface area contributed by atoms with Gasteiger partial charge in [0.05, 0.1) is 11.6 Å². The minimum absolute atomic E-state index is 0.184. The molecule has 1 aliphatic rings. The summed E-state index contributed by atoms with van der Waals surface area (Å²) in [5.41, 5.74) is 1.27. The summed E-state index contributed by atoms with van der Waals surface area (Å²) >= 11 is 0. The predicted octanol–water partition coefficient (Wildman–Crippen LogP) is 2.72. The lowest BCUT2D eigenvalue weighted by Gasteiger charge is -2.21. The topological polar surface area (TPSA) is 54.5 Å². The Balaban J connectivity index is 1.96. The van der Waals surface area contributed by atoms with Crippen molar-refractivity contribution >= 4 is 18.0 Å². The summed E-state index contributed by atoms with van der Waals surface area (Å²) in [4.78, 5) is 38.2. The van der Waals surface area contributed by atoms with Crippen LogP contribution in [0.1, 0.15) is 39.1 Å². The highest BCUT2D eigenvalue weighted by atomic mass is 16.2. The van der Waals surface area contributed by atoms with E-state index in [4.69, 9.17) is 0 Å². The van der Waals surface area contributed by atoms with Crippen LogP contribution in [-0.4, -0.2) is 35.5 Å². The molecule has 0 aliphatic carbocycles. The molecular weight excluding hydrogens is 290 g/mol. The largest absolute Gasteiger partial charge is 0.329 e. The van der Waals surface area contributed by atoms with Gasteiger partial charge >= 0.3 is 0 Å². The average molecular weight is 307 g/mol. The number of ketones is 1. The second kappa shape index (κ2) is 6.57. The second-order valence-corrected chi connectivity index (χ2v) is 5.58. The zero-order chi connectivity index (χ0) is 16.2. The SMILES string of the molecule is O=CC1CCCN1C(=O)c1ccccc1C(=O)c1ccccc1. The minimum Gasteiger partial charge on any atom is -0.329 e. The highest BCUT2D eigenvalue weighted by molar-refractivity contribution is 6.15. The van der Waals surface area contributed by atoms with Gasteiger partial charge in [-0.05, 0) is 18.9 Å². The summed E-state index contributed by atoms with van der Waals surface area (Å²) in [6.07, 6.45) is 2.31. The molecule has 3 rings (SSSR count). The molecule has 0 spiro atoms. The average Bonchev–Trinajstić information content (AvgIpc) is 3.10. The van der Waals surface area contributed by atoms with E-state index >= 15 is 0 Å². The van der Waals surface area contributed by atoms with Crippen molar-refractivity contribution in [3.05, 3.63) is 71.3 Å². The molecule has 0 aromatic heterocycles. The van der Waals surface area contributed by atoms with Gasteiger partial charge in [0, 0.05) is 17.7 Å². The first-order valence-electron chi connectivity index (χ1n) is 7.67. The maximum absolute atomic E-state index is 12.8. The number of benzene rings is 2. The van der Waals surface area contributed by atoms with Crippen LogP contribution in [0.25, 0.3) is 0 Å². The first-order valence-corrected chi connectivity index (χ1v) is 7.67. The molecule has 0 bridgehead atoms. The van der Waals surface area contributed by atoms with Crippen LogP contribution >= 0.6 is 0 Å².